The standard InChI is InChI=1S/C29H37.C13H19.C3H6.2ClH.Zr/c1-21-14-13-15-22-20-27(6)25(4)18-10-9-16-23(25,2)24(3)17-11-12-19-26(24,5)29(27,8)28(21,22)7;1-11-6-7-12(10-11)13(2)8-4-3-5-9-13;1-3-2;;;/h9-20,22H,1-8H3;7,10-11H,3-5,8-9H2,1-2H3;1-2H3;2*1H;/q2*-1;;;;+2/p-2. The van der Waals surface area contributed by atoms with Crippen LogP contribution < -0.4 is 24.8 Å². The molecular weight excluding hydrogens is 703 g/mol. The molecule has 0 aromatic heterocycles. The van der Waals surface area contributed by atoms with Gasteiger partial charge in [-0.15, -0.1) is 17.4 Å². The zero-order valence-corrected chi connectivity index (χ0v) is 36.0. The smallest absolute Gasteiger partial charge is 1.00 e. The molecule has 0 amide bonds. The van der Waals surface area contributed by atoms with Crippen molar-refractivity contribution in [2.75, 3.05) is 0 Å². The van der Waals surface area contributed by atoms with Gasteiger partial charge in [0, 0.05) is 10.8 Å². The zero-order valence-electron chi connectivity index (χ0n) is 32.0. The number of halogens is 2. The average molecular weight is 765 g/mol. The van der Waals surface area contributed by atoms with E-state index >= 15 is 0 Å². The van der Waals surface area contributed by atoms with Crippen LogP contribution in [0.5, 0.6) is 0 Å². The van der Waals surface area contributed by atoms with Crippen LogP contribution in [0.2, 0.25) is 0 Å². The van der Waals surface area contributed by atoms with Gasteiger partial charge in [0.1, 0.15) is 0 Å². The molecule has 0 bridgehead atoms. The van der Waals surface area contributed by atoms with Crippen LogP contribution >= 0.6 is 0 Å². The molecule has 3 heteroatoms. The largest absolute Gasteiger partial charge is 1.00 e. The van der Waals surface area contributed by atoms with Crippen molar-refractivity contribution in [3.8, 4) is 0 Å². The van der Waals surface area contributed by atoms with Crippen LogP contribution in [0.15, 0.2) is 90.1 Å². The summed E-state index contributed by atoms with van der Waals surface area (Å²) in [4.78, 5) is 0. The summed E-state index contributed by atoms with van der Waals surface area (Å²) in [6.07, 6.45) is 44.3. The van der Waals surface area contributed by atoms with Crippen LogP contribution in [0.25, 0.3) is 0 Å². The Hall–Kier alpha value is -0.747. The second-order valence-corrected chi connectivity index (χ2v) is 20.0. The summed E-state index contributed by atoms with van der Waals surface area (Å²) in [5, 5.41) is 0. The van der Waals surface area contributed by atoms with E-state index in [4.69, 9.17) is 0 Å². The number of allylic oxidation sites excluding steroid dienone is 16. The molecule has 0 heterocycles. The van der Waals surface area contributed by atoms with E-state index in [-0.39, 0.29) is 62.7 Å². The van der Waals surface area contributed by atoms with Crippen molar-refractivity contribution in [3.63, 3.8) is 0 Å². The van der Waals surface area contributed by atoms with Gasteiger partial charge in [-0.1, -0.05) is 172 Å². The van der Waals surface area contributed by atoms with Crippen molar-refractivity contribution in [2.45, 2.75) is 115 Å². The van der Waals surface area contributed by atoms with Gasteiger partial charge >= 0.3 is 41.3 Å². The molecule has 0 aliphatic heterocycles. The molecule has 0 aromatic carbocycles. The molecule has 0 saturated heterocycles. The van der Waals surface area contributed by atoms with E-state index in [1.807, 2.05) is 0 Å². The SMILES string of the molecule is CC1=CC=CC2[CH-]C3(C)C4(C)C=CC=CC4(C)C4(C)C=CC=CC4(C)C3(C)C12C.CC1[C-]=CC(C2(C)CCCCC2)=C1.C[C](C)=[Zr+2].[Cl-].[Cl-]. The Bertz CT molecular complexity index is 1490. The van der Waals surface area contributed by atoms with Crippen molar-refractivity contribution in [1.82, 2.24) is 0 Å². The average Bonchev–Trinajstić information content (AvgIpc) is 3.52. The van der Waals surface area contributed by atoms with Gasteiger partial charge in [0.25, 0.3) is 0 Å². The van der Waals surface area contributed by atoms with E-state index in [1.165, 1.54) is 40.9 Å². The number of rotatable bonds is 1. The van der Waals surface area contributed by atoms with E-state index in [2.05, 4.69) is 175 Å². The van der Waals surface area contributed by atoms with Gasteiger partial charge in [0.2, 0.25) is 0 Å². The first-order valence-electron chi connectivity index (χ1n) is 18.1. The van der Waals surface area contributed by atoms with Crippen LogP contribution in [0.4, 0.5) is 0 Å². The molecule has 7 aliphatic rings. The van der Waals surface area contributed by atoms with Gasteiger partial charge in [-0.2, -0.15) is 11.6 Å². The minimum atomic E-state index is 0. The van der Waals surface area contributed by atoms with E-state index in [0.717, 1.165) is 0 Å². The molecule has 7 rings (SSSR count). The summed E-state index contributed by atoms with van der Waals surface area (Å²) in [5.41, 5.74) is 3.77. The molecule has 262 valence electrons. The minimum absolute atomic E-state index is 0. The quantitative estimate of drug-likeness (QED) is 0.276. The summed E-state index contributed by atoms with van der Waals surface area (Å²) in [7, 11) is 0. The van der Waals surface area contributed by atoms with Crippen LogP contribution in [0, 0.1) is 67.7 Å². The van der Waals surface area contributed by atoms with Crippen molar-refractivity contribution < 1.29 is 49.0 Å². The maximum Gasteiger partial charge on any atom is -1.00 e. The summed E-state index contributed by atoms with van der Waals surface area (Å²) in [6.45, 7) is 29.2. The van der Waals surface area contributed by atoms with Crippen LogP contribution in [0.1, 0.15) is 115 Å². The van der Waals surface area contributed by atoms with E-state index in [1.54, 1.807) is 29.8 Å². The topological polar surface area (TPSA) is 0 Å². The molecule has 0 radical (unpaired) electrons. The monoisotopic (exact) mass is 762 g/mol. The van der Waals surface area contributed by atoms with Gasteiger partial charge in [-0.05, 0) is 28.6 Å². The first-order chi connectivity index (χ1) is 21.3. The maximum atomic E-state index is 3.37. The van der Waals surface area contributed by atoms with Crippen molar-refractivity contribution in [2.24, 2.45) is 55.2 Å². The Balaban J connectivity index is 0.000000276. The van der Waals surface area contributed by atoms with E-state index in [0.29, 0.717) is 17.3 Å². The number of hydrogen-bond donors (Lipinski definition) is 0. The molecule has 3 saturated carbocycles. The van der Waals surface area contributed by atoms with E-state index < -0.39 is 0 Å². The molecule has 9 unspecified atom stereocenters. The fourth-order valence-corrected chi connectivity index (χ4v) is 11.8. The predicted octanol–water partition coefficient (Wildman–Crippen LogP) is 6.29. The molecular formula is C45H62Cl2Zr-2. The molecule has 0 spiro atoms. The van der Waals surface area contributed by atoms with E-state index in [9.17, 15) is 0 Å². The number of hydrogen-bond acceptors (Lipinski definition) is 0. The fraction of sp³-hybridized carbons (Fsp3) is 0.600. The molecule has 9 atom stereocenters. The third kappa shape index (κ3) is 5.39. The summed E-state index contributed by atoms with van der Waals surface area (Å²) >= 11 is 1.55. The summed E-state index contributed by atoms with van der Waals surface area (Å²) in [5.74, 6) is 1.01. The third-order valence-corrected chi connectivity index (χ3v) is 15.6. The van der Waals surface area contributed by atoms with Gasteiger partial charge in [0.15, 0.2) is 0 Å². The van der Waals surface area contributed by atoms with Gasteiger partial charge in [0.05, 0.1) is 0 Å². The molecule has 0 aromatic rings. The Morgan fingerprint density at radius 2 is 1.23 bits per heavy atom. The maximum absolute atomic E-state index is 3.37. The Morgan fingerprint density at radius 3 is 1.73 bits per heavy atom. The van der Waals surface area contributed by atoms with Crippen molar-refractivity contribution >= 4 is 3.21 Å². The fourth-order valence-electron chi connectivity index (χ4n) is 11.8. The molecule has 0 nitrogen and oxygen atoms in total. The summed E-state index contributed by atoms with van der Waals surface area (Å²) in [6, 6.07) is 0. The first kappa shape index (κ1) is 41.7. The molecule has 0 N–H and O–H groups in total. The van der Waals surface area contributed by atoms with Crippen molar-refractivity contribution in [1.29, 1.82) is 0 Å². The van der Waals surface area contributed by atoms with Crippen LogP contribution in [0.3, 0.4) is 0 Å². The van der Waals surface area contributed by atoms with Crippen LogP contribution in [-0.4, -0.2) is 3.21 Å². The van der Waals surface area contributed by atoms with Crippen molar-refractivity contribution in [3.05, 3.63) is 103 Å². The normalized spacial score (nSPS) is 44.9. The number of fused-ring (bicyclic) bond motifs is 8. The Labute approximate surface area is 323 Å². The molecule has 48 heavy (non-hydrogen) atoms. The van der Waals surface area contributed by atoms with Gasteiger partial charge < -0.3 is 31.2 Å². The van der Waals surface area contributed by atoms with Gasteiger partial charge in [-0.3, -0.25) is 6.08 Å². The second-order valence-electron chi connectivity index (χ2n) is 17.5. The third-order valence-electron chi connectivity index (χ3n) is 15.6. The minimum Gasteiger partial charge on any atom is -1.00 e. The predicted molar refractivity (Wildman–Crippen MR) is 197 cm³/mol. The first-order valence-corrected chi connectivity index (χ1v) is 19.4. The van der Waals surface area contributed by atoms with Gasteiger partial charge in [-0.25, -0.2) is 6.08 Å². The zero-order chi connectivity index (χ0) is 34.0. The Morgan fingerprint density at radius 1 is 0.750 bits per heavy atom. The Kier molecular flexibility index (Phi) is 12.2. The molecule has 3 fully saturated rings. The second kappa shape index (κ2) is 14.0. The van der Waals surface area contributed by atoms with Crippen LogP contribution in [-0.2, 0) is 24.2 Å². The summed E-state index contributed by atoms with van der Waals surface area (Å²) < 4.78 is 1.51. The molecule has 7 aliphatic carbocycles.